The molecule has 32 heavy (non-hydrogen) atoms. The molecule has 1 N–H and O–H groups in total. The van der Waals surface area contributed by atoms with Crippen LogP contribution in [0.4, 0.5) is 13.2 Å². The number of pyridine rings is 1. The molecular weight excluding hydrogens is 423 g/mol. The molecule has 0 radical (unpaired) electrons. The number of aromatic nitrogens is 1. The molecule has 1 heterocycles. The number of aromatic hydroxyl groups is 1. The normalized spacial score (nSPS) is 11.6. The molecule has 168 valence electrons. The number of carbonyl (C=O) groups is 2. The SMILES string of the molecule is CCOC(=O)CCC(=O)c1nc2cc(-c3cc(C)cc(C)c3)ccc2c(C(F)(F)F)c1O. The molecule has 3 rings (SSSR count). The van der Waals surface area contributed by atoms with Crippen molar-refractivity contribution in [1.29, 1.82) is 0 Å². The van der Waals surface area contributed by atoms with Crippen molar-refractivity contribution < 1.29 is 32.6 Å². The van der Waals surface area contributed by atoms with Gasteiger partial charge in [0.25, 0.3) is 0 Å². The Morgan fingerprint density at radius 1 is 1.00 bits per heavy atom. The van der Waals surface area contributed by atoms with E-state index in [4.69, 9.17) is 4.74 Å². The standard InChI is InChI=1S/C24H22F3NO4/c1-4-32-20(30)8-7-19(29)22-23(31)21(24(25,26)27)17-6-5-15(12-18(17)28-22)16-10-13(2)9-14(3)11-16/h5-6,9-12,31H,4,7-8H2,1-3H3. The van der Waals surface area contributed by atoms with Crippen LogP contribution in [0.2, 0.25) is 0 Å². The summed E-state index contributed by atoms with van der Waals surface area (Å²) >= 11 is 0. The lowest BCUT2D eigenvalue weighted by Gasteiger charge is -2.16. The molecule has 0 aliphatic carbocycles. The molecule has 0 fully saturated rings. The van der Waals surface area contributed by atoms with Crippen molar-refractivity contribution in [2.75, 3.05) is 6.61 Å². The summed E-state index contributed by atoms with van der Waals surface area (Å²) in [6, 6.07) is 9.98. The van der Waals surface area contributed by atoms with Crippen LogP contribution in [0.15, 0.2) is 36.4 Å². The Balaban J connectivity index is 2.14. The second-order valence-corrected chi connectivity index (χ2v) is 7.52. The fourth-order valence-corrected chi connectivity index (χ4v) is 3.62. The minimum atomic E-state index is -4.91. The van der Waals surface area contributed by atoms with Gasteiger partial charge in [-0.25, -0.2) is 4.98 Å². The Morgan fingerprint density at radius 2 is 1.66 bits per heavy atom. The molecule has 0 saturated heterocycles. The van der Waals surface area contributed by atoms with Crippen molar-refractivity contribution in [2.45, 2.75) is 39.8 Å². The van der Waals surface area contributed by atoms with E-state index in [0.717, 1.165) is 16.7 Å². The van der Waals surface area contributed by atoms with Crippen LogP contribution in [-0.4, -0.2) is 28.4 Å². The minimum absolute atomic E-state index is 0.0775. The van der Waals surface area contributed by atoms with Gasteiger partial charge in [0.05, 0.1) is 18.5 Å². The summed E-state index contributed by atoms with van der Waals surface area (Å²) in [6.45, 7) is 5.54. The van der Waals surface area contributed by atoms with E-state index >= 15 is 0 Å². The number of ether oxygens (including phenoxy) is 1. The van der Waals surface area contributed by atoms with Gasteiger partial charge in [-0.2, -0.15) is 13.2 Å². The summed E-state index contributed by atoms with van der Waals surface area (Å²) in [5, 5.41) is 9.99. The lowest BCUT2D eigenvalue weighted by molar-refractivity contribution is -0.143. The molecule has 5 nitrogen and oxygen atoms in total. The van der Waals surface area contributed by atoms with E-state index in [1.807, 2.05) is 32.0 Å². The molecular formula is C24H22F3NO4. The van der Waals surface area contributed by atoms with Crippen LogP contribution in [0.5, 0.6) is 5.75 Å². The molecule has 1 aromatic heterocycles. The van der Waals surface area contributed by atoms with E-state index in [1.165, 1.54) is 18.2 Å². The zero-order valence-electron chi connectivity index (χ0n) is 17.8. The molecule has 0 unspecified atom stereocenters. The molecule has 0 bridgehead atoms. The lowest BCUT2D eigenvalue weighted by Crippen LogP contribution is -2.13. The van der Waals surface area contributed by atoms with E-state index < -0.39 is 41.4 Å². The monoisotopic (exact) mass is 445 g/mol. The zero-order valence-corrected chi connectivity index (χ0v) is 17.8. The highest BCUT2D eigenvalue weighted by atomic mass is 19.4. The molecule has 0 aliphatic heterocycles. The van der Waals surface area contributed by atoms with Gasteiger partial charge in [-0.3, -0.25) is 9.59 Å². The van der Waals surface area contributed by atoms with Crippen molar-refractivity contribution in [3.05, 3.63) is 58.8 Å². The number of alkyl halides is 3. The van der Waals surface area contributed by atoms with Crippen LogP contribution in [0.25, 0.3) is 22.0 Å². The van der Waals surface area contributed by atoms with Crippen LogP contribution in [0, 0.1) is 13.8 Å². The van der Waals surface area contributed by atoms with Gasteiger partial charge < -0.3 is 9.84 Å². The number of hydrogen-bond donors (Lipinski definition) is 1. The van der Waals surface area contributed by atoms with Crippen LogP contribution in [0.1, 0.15) is 46.9 Å². The van der Waals surface area contributed by atoms with E-state index in [9.17, 15) is 27.9 Å². The average molecular weight is 445 g/mol. The first-order valence-electron chi connectivity index (χ1n) is 10.0. The highest BCUT2D eigenvalue weighted by Crippen LogP contribution is 2.42. The first-order chi connectivity index (χ1) is 15.0. The first kappa shape index (κ1) is 23.2. The number of Topliss-reactive ketones (excluding diaryl/α,β-unsaturated/α-hetero) is 1. The number of fused-ring (bicyclic) bond motifs is 1. The maximum absolute atomic E-state index is 13.8. The number of halogens is 3. The van der Waals surface area contributed by atoms with Gasteiger partial charge in [-0.05, 0) is 38.0 Å². The highest BCUT2D eigenvalue weighted by Gasteiger charge is 2.38. The van der Waals surface area contributed by atoms with Crippen molar-refractivity contribution in [1.82, 2.24) is 4.98 Å². The van der Waals surface area contributed by atoms with Crippen molar-refractivity contribution in [2.24, 2.45) is 0 Å². The second kappa shape index (κ2) is 8.98. The zero-order chi connectivity index (χ0) is 23.6. The average Bonchev–Trinajstić information content (AvgIpc) is 2.69. The predicted octanol–water partition coefficient (Wildman–Crippen LogP) is 5.77. The van der Waals surface area contributed by atoms with Gasteiger partial charge in [0.1, 0.15) is 11.3 Å². The number of rotatable bonds is 6. The van der Waals surface area contributed by atoms with Crippen molar-refractivity contribution in [3.63, 3.8) is 0 Å². The molecule has 0 saturated carbocycles. The van der Waals surface area contributed by atoms with Gasteiger partial charge >= 0.3 is 12.1 Å². The van der Waals surface area contributed by atoms with E-state index in [-0.39, 0.29) is 23.9 Å². The van der Waals surface area contributed by atoms with Crippen LogP contribution < -0.4 is 0 Å². The fraction of sp³-hybridized carbons (Fsp3) is 0.292. The quantitative estimate of drug-likeness (QED) is 0.385. The third-order valence-electron chi connectivity index (χ3n) is 4.92. The van der Waals surface area contributed by atoms with Gasteiger partial charge in [0, 0.05) is 11.8 Å². The van der Waals surface area contributed by atoms with E-state index in [2.05, 4.69) is 4.98 Å². The summed E-state index contributed by atoms with van der Waals surface area (Å²) in [7, 11) is 0. The number of benzene rings is 2. The Hall–Kier alpha value is -3.42. The largest absolute Gasteiger partial charge is 0.505 e. The minimum Gasteiger partial charge on any atom is -0.505 e. The summed E-state index contributed by atoms with van der Waals surface area (Å²) in [5.41, 5.74) is 1.28. The third-order valence-corrected chi connectivity index (χ3v) is 4.92. The molecule has 0 atom stereocenters. The molecule has 0 amide bonds. The summed E-state index contributed by atoms with van der Waals surface area (Å²) in [4.78, 5) is 28.1. The maximum Gasteiger partial charge on any atom is 0.420 e. The summed E-state index contributed by atoms with van der Waals surface area (Å²) in [6.07, 6.45) is -5.67. The van der Waals surface area contributed by atoms with E-state index in [0.29, 0.717) is 5.56 Å². The number of nitrogens with zero attached hydrogens (tertiary/aromatic N) is 1. The Bertz CT molecular complexity index is 1180. The molecule has 0 spiro atoms. The van der Waals surface area contributed by atoms with Gasteiger partial charge in [-0.15, -0.1) is 0 Å². The number of esters is 1. The van der Waals surface area contributed by atoms with Crippen LogP contribution >= 0.6 is 0 Å². The summed E-state index contributed by atoms with van der Waals surface area (Å²) in [5.74, 6) is -2.77. The van der Waals surface area contributed by atoms with Crippen molar-refractivity contribution in [3.8, 4) is 16.9 Å². The summed E-state index contributed by atoms with van der Waals surface area (Å²) < 4.78 is 46.1. The van der Waals surface area contributed by atoms with Gasteiger partial charge in [0.2, 0.25) is 0 Å². The molecule has 0 aliphatic rings. The Kier molecular flexibility index (Phi) is 6.52. The Labute approximate surface area is 182 Å². The Morgan fingerprint density at radius 3 is 2.25 bits per heavy atom. The molecule has 8 heteroatoms. The van der Waals surface area contributed by atoms with E-state index in [1.54, 1.807) is 6.92 Å². The first-order valence-corrected chi connectivity index (χ1v) is 10.0. The van der Waals surface area contributed by atoms with Gasteiger partial charge in [-0.1, -0.05) is 41.5 Å². The lowest BCUT2D eigenvalue weighted by atomic mass is 9.97. The third kappa shape index (κ3) is 4.90. The van der Waals surface area contributed by atoms with Crippen molar-refractivity contribution >= 4 is 22.7 Å². The number of carbonyl (C=O) groups excluding carboxylic acids is 2. The fourth-order valence-electron chi connectivity index (χ4n) is 3.62. The topological polar surface area (TPSA) is 76.5 Å². The number of hydrogen-bond acceptors (Lipinski definition) is 5. The van der Waals surface area contributed by atoms with Crippen LogP contribution in [-0.2, 0) is 15.7 Å². The predicted molar refractivity (Wildman–Crippen MR) is 114 cm³/mol. The van der Waals surface area contributed by atoms with Gasteiger partial charge in [0.15, 0.2) is 11.5 Å². The number of ketones is 1. The van der Waals surface area contributed by atoms with Crippen LogP contribution in [0.3, 0.4) is 0 Å². The number of aryl methyl sites for hydroxylation is 2. The molecule has 3 aromatic rings. The second-order valence-electron chi connectivity index (χ2n) is 7.52. The smallest absolute Gasteiger partial charge is 0.420 e. The molecule has 2 aromatic carbocycles. The highest BCUT2D eigenvalue weighted by molar-refractivity contribution is 6.02. The maximum atomic E-state index is 13.8.